The second-order valence-electron chi connectivity index (χ2n) is 17.1. The second kappa shape index (κ2) is 11.0. The van der Waals surface area contributed by atoms with Crippen LogP contribution in [0.25, 0.3) is 38.6 Å². The van der Waals surface area contributed by atoms with Gasteiger partial charge < -0.3 is 14.4 Å². The summed E-state index contributed by atoms with van der Waals surface area (Å²) in [7, 11) is 1.70. The van der Waals surface area contributed by atoms with Crippen LogP contribution in [-0.4, -0.2) is 16.8 Å². The van der Waals surface area contributed by atoms with Crippen LogP contribution in [0.1, 0.15) is 105 Å². The topological polar surface area (TPSA) is 34.4 Å². The SMILES string of the molecule is COc1cc(C)cc(-c2cc(C(C)(C)CC(C)(C)C)cc(-n3c4ccc(C(C)(C)C)cc4c4cc(C(C)(C)C)ccc43)c2O)c1. The lowest BCUT2D eigenvalue weighted by Gasteiger charge is -2.34. The van der Waals surface area contributed by atoms with Gasteiger partial charge in [0.1, 0.15) is 11.5 Å². The molecule has 0 radical (unpaired) electrons. The summed E-state index contributed by atoms with van der Waals surface area (Å²) >= 11 is 0. The number of fused-ring (bicyclic) bond motifs is 3. The molecule has 0 amide bonds. The van der Waals surface area contributed by atoms with Gasteiger partial charge in [0, 0.05) is 16.3 Å². The van der Waals surface area contributed by atoms with Crippen molar-refractivity contribution < 1.29 is 9.84 Å². The normalized spacial score (nSPS) is 13.2. The zero-order valence-electron chi connectivity index (χ0n) is 29.9. The molecule has 5 rings (SSSR count). The fourth-order valence-electron chi connectivity index (χ4n) is 7.07. The summed E-state index contributed by atoms with van der Waals surface area (Å²) in [5.41, 5.74) is 9.67. The monoisotopic (exact) mass is 603 g/mol. The van der Waals surface area contributed by atoms with Crippen molar-refractivity contribution in [3.63, 3.8) is 0 Å². The minimum atomic E-state index is -0.138. The summed E-state index contributed by atoms with van der Waals surface area (Å²) in [6.07, 6.45) is 0.998. The largest absolute Gasteiger partial charge is 0.505 e. The summed E-state index contributed by atoms with van der Waals surface area (Å²) in [5, 5.41) is 14.7. The first-order valence-electron chi connectivity index (χ1n) is 16.3. The van der Waals surface area contributed by atoms with Crippen LogP contribution in [0.4, 0.5) is 0 Å². The van der Waals surface area contributed by atoms with Crippen molar-refractivity contribution in [2.24, 2.45) is 5.41 Å². The minimum absolute atomic E-state index is 0.0146. The van der Waals surface area contributed by atoms with Gasteiger partial charge in [0.15, 0.2) is 0 Å². The molecule has 5 aromatic rings. The van der Waals surface area contributed by atoms with Crippen molar-refractivity contribution in [3.05, 3.63) is 89.0 Å². The Balaban J connectivity index is 1.92. The van der Waals surface area contributed by atoms with Crippen molar-refractivity contribution >= 4 is 21.8 Å². The first kappa shape index (κ1) is 32.7. The van der Waals surface area contributed by atoms with E-state index in [2.05, 4.69) is 142 Å². The van der Waals surface area contributed by atoms with E-state index in [0.717, 1.165) is 45.6 Å². The van der Waals surface area contributed by atoms with E-state index < -0.39 is 0 Å². The first-order chi connectivity index (χ1) is 20.7. The lowest BCUT2D eigenvalue weighted by molar-refractivity contribution is 0.284. The smallest absolute Gasteiger partial charge is 0.147 e. The molecule has 4 aromatic carbocycles. The summed E-state index contributed by atoms with van der Waals surface area (Å²) < 4.78 is 7.95. The maximum atomic E-state index is 12.3. The van der Waals surface area contributed by atoms with E-state index in [1.54, 1.807) is 7.11 Å². The molecule has 0 saturated heterocycles. The molecular weight excluding hydrogens is 550 g/mol. The number of phenolic OH excluding ortho intramolecular Hbond substituents is 1. The maximum Gasteiger partial charge on any atom is 0.147 e. The Morgan fingerprint density at radius 1 is 0.644 bits per heavy atom. The highest BCUT2D eigenvalue weighted by molar-refractivity contribution is 6.10. The Morgan fingerprint density at radius 3 is 1.64 bits per heavy atom. The number of hydrogen-bond donors (Lipinski definition) is 1. The van der Waals surface area contributed by atoms with Crippen molar-refractivity contribution in [1.29, 1.82) is 0 Å². The van der Waals surface area contributed by atoms with Crippen LogP contribution < -0.4 is 4.74 Å². The average molecular weight is 604 g/mol. The van der Waals surface area contributed by atoms with E-state index >= 15 is 0 Å². The number of methoxy groups -OCH3 is 1. The van der Waals surface area contributed by atoms with Gasteiger partial charge in [-0.1, -0.05) is 94.4 Å². The van der Waals surface area contributed by atoms with Gasteiger partial charge in [-0.25, -0.2) is 0 Å². The Hall–Kier alpha value is -3.72. The van der Waals surface area contributed by atoms with Gasteiger partial charge in [-0.05, 0) is 111 Å². The molecule has 3 heteroatoms. The zero-order chi connectivity index (χ0) is 33.3. The summed E-state index contributed by atoms with van der Waals surface area (Å²) in [6.45, 7) is 27.2. The standard InChI is InChI=1S/C42H53NO2/c1-26-18-27(20-31(19-26)45-13)32-23-30(42(11,12)25-39(2,3)4)24-37(38(32)44)43-35-16-14-28(40(5,6)7)21-33(35)34-22-29(41(8,9)10)15-17-36(34)43/h14-24,44H,25H2,1-13H3. The summed E-state index contributed by atoms with van der Waals surface area (Å²) in [4.78, 5) is 0. The van der Waals surface area contributed by atoms with E-state index in [1.807, 2.05) is 12.1 Å². The summed E-state index contributed by atoms with van der Waals surface area (Å²) in [6, 6.07) is 24.3. The number of benzene rings is 4. The van der Waals surface area contributed by atoms with Crippen molar-refractivity contribution in [3.8, 4) is 28.3 Å². The minimum Gasteiger partial charge on any atom is -0.505 e. The van der Waals surface area contributed by atoms with E-state index in [9.17, 15) is 5.11 Å². The molecule has 0 atom stereocenters. The van der Waals surface area contributed by atoms with E-state index in [1.165, 1.54) is 27.5 Å². The van der Waals surface area contributed by atoms with Crippen LogP contribution >= 0.6 is 0 Å². The van der Waals surface area contributed by atoms with Crippen LogP contribution in [0.15, 0.2) is 66.7 Å². The lowest BCUT2D eigenvalue weighted by Crippen LogP contribution is -2.25. The third-order valence-electron chi connectivity index (χ3n) is 9.18. The Kier molecular flexibility index (Phi) is 7.96. The molecule has 1 N–H and O–H groups in total. The third-order valence-corrected chi connectivity index (χ3v) is 9.18. The van der Waals surface area contributed by atoms with Gasteiger partial charge in [0.25, 0.3) is 0 Å². The Labute approximate surface area is 271 Å². The highest BCUT2D eigenvalue weighted by Crippen LogP contribution is 2.46. The number of nitrogens with zero attached hydrogens (tertiary/aromatic N) is 1. The molecule has 45 heavy (non-hydrogen) atoms. The maximum absolute atomic E-state index is 12.3. The van der Waals surface area contributed by atoms with Crippen molar-refractivity contribution in [2.75, 3.05) is 7.11 Å². The quantitative estimate of drug-likeness (QED) is 0.217. The molecule has 0 saturated carbocycles. The first-order valence-corrected chi connectivity index (χ1v) is 16.3. The predicted octanol–water partition coefficient (Wildman–Crippen LogP) is 11.8. The van der Waals surface area contributed by atoms with Gasteiger partial charge in [-0.2, -0.15) is 0 Å². The fraction of sp³-hybridized carbons (Fsp3) is 0.429. The van der Waals surface area contributed by atoms with Crippen LogP contribution in [-0.2, 0) is 16.2 Å². The second-order valence-corrected chi connectivity index (χ2v) is 17.1. The molecule has 1 heterocycles. The average Bonchev–Trinajstić information content (AvgIpc) is 3.23. The molecular formula is C42H53NO2. The van der Waals surface area contributed by atoms with Crippen LogP contribution in [0.2, 0.25) is 0 Å². The third kappa shape index (κ3) is 6.37. The summed E-state index contributed by atoms with van der Waals surface area (Å²) in [5.74, 6) is 1.06. The van der Waals surface area contributed by atoms with Crippen LogP contribution in [0, 0.1) is 12.3 Å². The number of aromatic nitrogens is 1. The number of aromatic hydroxyl groups is 1. The predicted molar refractivity (Wildman–Crippen MR) is 194 cm³/mol. The number of aryl methyl sites for hydroxylation is 1. The van der Waals surface area contributed by atoms with Gasteiger partial charge in [-0.3, -0.25) is 0 Å². The molecule has 0 unspecified atom stereocenters. The van der Waals surface area contributed by atoms with Crippen LogP contribution in [0.3, 0.4) is 0 Å². The molecule has 0 aliphatic carbocycles. The van der Waals surface area contributed by atoms with Gasteiger partial charge in [-0.15, -0.1) is 0 Å². The van der Waals surface area contributed by atoms with E-state index in [4.69, 9.17) is 4.74 Å². The van der Waals surface area contributed by atoms with Crippen LogP contribution in [0.5, 0.6) is 11.5 Å². The highest BCUT2D eigenvalue weighted by atomic mass is 16.5. The number of phenols is 1. The van der Waals surface area contributed by atoms with Gasteiger partial charge in [0.05, 0.1) is 23.8 Å². The zero-order valence-corrected chi connectivity index (χ0v) is 29.9. The molecule has 0 spiro atoms. The number of ether oxygens (including phenoxy) is 1. The molecule has 238 valence electrons. The molecule has 0 aliphatic heterocycles. The van der Waals surface area contributed by atoms with Gasteiger partial charge >= 0.3 is 0 Å². The molecule has 1 aromatic heterocycles. The number of hydrogen-bond acceptors (Lipinski definition) is 2. The van der Waals surface area contributed by atoms with Crippen molar-refractivity contribution in [2.45, 2.75) is 106 Å². The van der Waals surface area contributed by atoms with E-state index in [0.29, 0.717) is 0 Å². The van der Waals surface area contributed by atoms with Crippen molar-refractivity contribution in [1.82, 2.24) is 4.57 Å². The molecule has 3 nitrogen and oxygen atoms in total. The van der Waals surface area contributed by atoms with E-state index in [-0.39, 0.29) is 27.4 Å². The fourth-order valence-corrected chi connectivity index (χ4v) is 7.07. The highest BCUT2D eigenvalue weighted by Gasteiger charge is 2.30. The molecule has 0 aliphatic rings. The Bertz CT molecular complexity index is 1830. The van der Waals surface area contributed by atoms with Gasteiger partial charge in [0.2, 0.25) is 0 Å². The molecule has 0 bridgehead atoms. The Morgan fingerprint density at radius 2 is 1.18 bits per heavy atom. The molecule has 0 fully saturated rings. The number of rotatable bonds is 5. The lowest BCUT2D eigenvalue weighted by atomic mass is 9.71.